The van der Waals surface area contributed by atoms with Crippen LogP contribution in [0.2, 0.25) is 0 Å². The minimum absolute atomic E-state index is 0.0906. The second kappa shape index (κ2) is 6.50. The summed E-state index contributed by atoms with van der Waals surface area (Å²) < 4.78 is 5.42. The third kappa shape index (κ3) is 3.91. The quantitative estimate of drug-likeness (QED) is 0.677. The van der Waals surface area contributed by atoms with Gasteiger partial charge in [0.1, 0.15) is 11.6 Å². The minimum Gasteiger partial charge on any atom is -0.376 e. The van der Waals surface area contributed by atoms with Gasteiger partial charge in [0.25, 0.3) is 5.91 Å². The van der Waals surface area contributed by atoms with Crippen LogP contribution in [0.1, 0.15) is 22.6 Å². The number of aryl methyl sites for hydroxylation is 1. The number of nitriles is 1. The zero-order chi connectivity index (χ0) is 13.7. The summed E-state index contributed by atoms with van der Waals surface area (Å²) in [4.78, 5) is 14.0. The van der Waals surface area contributed by atoms with Crippen LogP contribution >= 0.6 is 11.3 Å². The van der Waals surface area contributed by atoms with Crippen molar-refractivity contribution in [2.24, 2.45) is 0 Å². The molecule has 1 aliphatic rings. The molecule has 2 heterocycles. The summed E-state index contributed by atoms with van der Waals surface area (Å²) in [6, 6.07) is 5.83. The molecule has 5 heteroatoms. The number of hydrogen-bond donors (Lipinski definition) is 1. The van der Waals surface area contributed by atoms with E-state index >= 15 is 0 Å². The Morgan fingerprint density at radius 1 is 1.68 bits per heavy atom. The molecule has 100 valence electrons. The zero-order valence-electron chi connectivity index (χ0n) is 10.8. The molecule has 0 spiro atoms. The van der Waals surface area contributed by atoms with Crippen molar-refractivity contribution in [2.45, 2.75) is 25.9 Å². The van der Waals surface area contributed by atoms with Gasteiger partial charge >= 0.3 is 0 Å². The van der Waals surface area contributed by atoms with Gasteiger partial charge in [-0.2, -0.15) is 5.26 Å². The lowest BCUT2D eigenvalue weighted by Crippen LogP contribution is -2.32. The Morgan fingerprint density at radius 3 is 3.11 bits per heavy atom. The van der Waals surface area contributed by atoms with Crippen molar-refractivity contribution in [1.82, 2.24) is 5.32 Å². The maximum Gasteiger partial charge on any atom is 0.262 e. The van der Waals surface area contributed by atoms with Crippen molar-refractivity contribution in [3.05, 3.63) is 27.5 Å². The van der Waals surface area contributed by atoms with Gasteiger partial charge in [0.15, 0.2) is 0 Å². The molecule has 0 radical (unpaired) electrons. The number of thiophene rings is 1. The number of carbonyl (C=O) groups is 1. The molecule has 1 saturated heterocycles. The van der Waals surface area contributed by atoms with Gasteiger partial charge in [0.2, 0.25) is 0 Å². The van der Waals surface area contributed by atoms with E-state index in [1.165, 1.54) is 0 Å². The van der Waals surface area contributed by atoms with Crippen LogP contribution in [0.25, 0.3) is 6.08 Å². The van der Waals surface area contributed by atoms with Crippen LogP contribution in [-0.4, -0.2) is 25.2 Å². The molecule has 0 unspecified atom stereocenters. The molecule has 0 aliphatic carbocycles. The highest BCUT2D eigenvalue weighted by Crippen LogP contribution is 2.18. The van der Waals surface area contributed by atoms with E-state index < -0.39 is 0 Å². The third-order valence-electron chi connectivity index (χ3n) is 2.93. The normalized spacial score (nSPS) is 19.2. The average Bonchev–Trinajstić information content (AvgIpc) is 3.04. The first kappa shape index (κ1) is 13.8. The largest absolute Gasteiger partial charge is 0.376 e. The van der Waals surface area contributed by atoms with E-state index in [-0.39, 0.29) is 17.6 Å². The third-order valence-corrected chi connectivity index (χ3v) is 3.87. The van der Waals surface area contributed by atoms with Crippen LogP contribution in [0.4, 0.5) is 0 Å². The molecule has 1 N–H and O–H groups in total. The first-order chi connectivity index (χ1) is 9.19. The van der Waals surface area contributed by atoms with Gasteiger partial charge in [0.05, 0.1) is 6.10 Å². The molecule has 1 aromatic rings. The topological polar surface area (TPSA) is 62.1 Å². The van der Waals surface area contributed by atoms with E-state index in [1.54, 1.807) is 17.4 Å². The van der Waals surface area contributed by atoms with Crippen molar-refractivity contribution in [3.8, 4) is 6.07 Å². The Bertz CT molecular complexity index is 522. The fraction of sp³-hybridized carbons (Fsp3) is 0.429. The van der Waals surface area contributed by atoms with Crippen molar-refractivity contribution >= 4 is 23.3 Å². The van der Waals surface area contributed by atoms with E-state index in [1.807, 2.05) is 25.1 Å². The molecule has 0 aromatic carbocycles. The lowest BCUT2D eigenvalue weighted by Gasteiger charge is -2.09. The number of carbonyl (C=O) groups excluding carboxylic acids is 1. The molecule has 1 amide bonds. The lowest BCUT2D eigenvalue weighted by atomic mass is 10.2. The molecule has 1 fully saturated rings. The fourth-order valence-electron chi connectivity index (χ4n) is 1.93. The fourth-order valence-corrected chi connectivity index (χ4v) is 2.75. The average molecular weight is 276 g/mol. The smallest absolute Gasteiger partial charge is 0.262 e. The van der Waals surface area contributed by atoms with Gasteiger partial charge in [-0.05, 0) is 38.0 Å². The number of nitrogens with zero attached hydrogens (tertiary/aromatic N) is 1. The Morgan fingerprint density at radius 2 is 2.53 bits per heavy atom. The number of ether oxygens (including phenoxy) is 1. The van der Waals surface area contributed by atoms with E-state index in [4.69, 9.17) is 10.00 Å². The predicted molar refractivity (Wildman–Crippen MR) is 74.6 cm³/mol. The first-order valence-corrected chi connectivity index (χ1v) is 7.08. The highest BCUT2D eigenvalue weighted by Gasteiger charge is 2.17. The summed E-state index contributed by atoms with van der Waals surface area (Å²) in [5.74, 6) is -0.330. The second-order valence-corrected chi connectivity index (χ2v) is 5.78. The maximum atomic E-state index is 11.9. The van der Waals surface area contributed by atoms with E-state index in [9.17, 15) is 4.79 Å². The number of hydrogen-bond acceptors (Lipinski definition) is 4. The summed E-state index contributed by atoms with van der Waals surface area (Å²) in [6.45, 7) is 3.23. The maximum absolute atomic E-state index is 11.9. The van der Waals surface area contributed by atoms with Gasteiger partial charge in [-0.3, -0.25) is 4.79 Å². The number of nitrogens with one attached hydrogen (secondary N) is 1. The SMILES string of the molecule is Cc1ccc(/C=C(\C#N)C(=O)NC[C@H]2CCCO2)s1. The summed E-state index contributed by atoms with van der Waals surface area (Å²) in [7, 11) is 0. The van der Waals surface area contributed by atoms with Crippen LogP contribution in [0, 0.1) is 18.3 Å². The van der Waals surface area contributed by atoms with Crippen LogP contribution in [0.15, 0.2) is 17.7 Å². The Labute approximate surface area is 116 Å². The van der Waals surface area contributed by atoms with Crippen LogP contribution in [0.5, 0.6) is 0 Å². The van der Waals surface area contributed by atoms with Gasteiger partial charge in [-0.25, -0.2) is 0 Å². The zero-order valence-corrected chi connectivity index (χ0v) is 11.6. The summed E-state index contributed by atoms with van der Waals surface area (Å²) in [5, 5.41) is 11.8. The lowest BCUT2D eigenvalue weighted by molar-refractivity contribution is -0.117. The van der Waals surface area contributed by atoms with Gasteiger partial charge in [-0.15, -0.1) is 11.3 Å². The standard InChI is InChI=1S/C14H16N2O2S/c1-10-4-5-13(19-10)7-11(8-15)14(17)16-9-12-3-2-6-18-12/h4-5,7,12H,2-3,6,9H2,1H3,(H,16,17)/b11-7+/t12-/m1/s1. The molecule has 1 aliphatic heterocycles. The Hall–Kier alpha value is -1.64. The predicted octanol–water partition coefficient (Wildman–Crippen LogP) is 2.26. The van der Waals surface area contributed by atoms with Crippen molar-refractivity contribution in [3.63, 3.8) is 0 Å². The highest BCUT2D eigenvalue weighted by molar-refractivity contribution is 7.12. The van der Waals surface area contributed by atoms with Gasteiger partial charge in [-0.1, -0.05) is 0 Å². The minimum atomic E-state index is -0.330. The summed E-state index contributed by atoms with van der Waals surface area (Å²) in [5.41, 5.74) is 0.139. The highest BCUT2D eigenvalue weighted by atomic mass is 32.1. The monoisotopic (exact) mass is 276 g/mol. The van der Waals surface area contributed by atoms with Crippen LogP contribution in [0.3, 0.4) is 0 Å². The molecule has 0 saturated carbocycles. The molecule has 2 rings (SSSR count). The molecular formula is C14H16N2O2S. The number of amides is 1. The molecular weight excluding hydrogens is 260 g/mol. The van der Waals surface area contributed by atoms with E-state index in [2.05, 4.69) is 5.32 Å². The summed E-state index contributed by atoms with van der Waals surface area (Å²) in [6.07, 6.45) is 3.72. The number of rotatable bonds is 4. The van der Waals surface area contributed by atoms with Crippen molar-refractivity contribution < 1.29 is 9.53 Å². The molecule has 1 atom stereocenters. The Kier molecular flexibility index (Phi) is 4.72. The van der Waals surface area contributed by atoms with Gasteiger partial charge in [0, 0.05) is 22.9 Å². The van der Waals surface area contributed by atoms with Crippen molar-refractivity contribution in [1.29, 1.82) is 5.26 Å². The molecule has 19 heavy (non-hydrogen) atoms. The van der Waals surface area contributed by atoms with E-state index in [0.29, 0.717) is 6.54 Å². The van der Waals surface area contributed by atoms with Gasteiger partial charge < -0.3 is 10.1 Å². The molecule has 1 aromatic heterocycles. The summed E-state index contributed by atoms with van der Waals surface area (Å²) >= 11 is 1.56. The Balaban J connectivity index is 1.95. The second-order valence-electron chi connectivity index (χ2n) is 4.46. The van der Waals surface area contributed by atoms with Crippen LogP contribution < -0.4 is 5.32 Å². The van der Waals surface area contributed by atoms with Crippen molar-refractivity contribution in [2.75, 3.05) is 13.2 Å². The first-order valence-electron chi connectivity index (χ1n) is 6.27. The molecule has 4 nitrogen and oxygen atoms in total. The van der Waals surface area contributed by atoms with E-state index in [0.717, 1.165) is 29.2 Å². The van der Waals surface area contributed by atoms with Crippen LogP contribution in [-0.2, 0) is 9.53 Å². The molecule has 0 bridgehead atoms.